The minimum Gasteiger partial charge on any atom is -0.0687 e. The molecule has 0 atom stereocenters. The Balaban J connectivity index is 2.36. The van der Waals surface area contributed by atoms with E-state index in [1.165, 1.54) is 22.3 Å². The predicted molar refractivity (Wildman–Crippen MR) is 66.6 cm³/mol. The van der Waals surface area contributed by atoms with Gasteiger partial charge in [-0.05, 0) is 31.4 Å². The van der Waals surface area contributed by atoms with E-state index in [1.807, 2.05) is 0 Å². The monoisotopic (exact) mass is 196 g/mol. The van der Waals surface area contributed by atoms with Gasteiger partial charge in [-0.3, -0.25) is 0 Å². The summed E-state index contributed by atoms with van der Waals surface area (Å²) < 4.78 is 0. The highest BCUT2D eigenvalue weighted by molar-refractivity contribution is 5.70. The van der Waals surface area contributed by atoms with E-state index in [4.69, 9.17) is 0 Å². The van der Waals surface area contributed by atoms with Crippen LogP contribution in [-0.2, 0) is 0 Å². The standard InChI is InChI=1S/C15H16/c1-12-8-9-15(11-13(2)10-12)14-6-4-3-5-7-14/h3-10H,11H2,1-2H3. The summed E-state index contributed by atoms with van der Waals surface area (Å²) in [6.07, 6.45) is 7.74. The minimum atomic E-state index is 1.05. The second-order valence-electron chi connectivity index (χ2n) is 4.14. The lowest BCUT2D eigenvalue weighted by molar-refractivity contribution is 1.22. The summed E-state index contributed by atoms with van der Waals surface area (Å²) in [5.74, 6) is 0. The van der Waals surface area contributed by atoms with Crippen LogP contribution in [0, 0.1) is 0 Å². The summed E-state index contributed by atoms with van der Waals surface area (Å²) in [5.41, 5.74) is 5.49. The van der Waals surface area contributed by atoms with Crippen LogP contribution in [0.3, 0.4) is 0 Å². The van der Waals surface area contributed by atoms with Crippen molar-refractivity contribution in [2.24, 2.45) is 0 Å². The quantitative estimate of drug-likeness (QED) is 0.625. The smallest absolute Gasteiger partial charge is 0.00607 e. The van der Waals surface area contributed by atoms with E-state index < -0.39 is 0 Å². The third kappa shape index (κ3) is 2.47. The Morgan fingerprint density at radius 2 is 1.67 bits per heavy atom. The fourth-order valence-corrected chi connectivity index (χ4v) is 1.93. The Kier molecular flexibility index (Phi) is 2.86. The molecule has 0 aliphatic heterocycles. The van der Waals surface area contributed by atoms with Gasteiger partial charge in [0.1, 0.15) is 0 Å². The van der Waals surface area contributed by atoms with Crippen LogP contribution >= 0.6 is 0 Å². The van der Waals surface area contributed by atoms with Crippen molar-refractivity contribution in [3.05, 3.63) is 65.3 Å². The van der Waals surface area contributed by atoms with Crippen molar-refractivity contribution in [2.45, 2.75) is 20.3 Å². The fourth-order valence-electron chi connectivity index (χ4n) is 1.93. The number of hydrogen-bond donors (Lipinski definition) is 0. The first kappa shape index (κ1) is 9.97. The van der Waals surface area contributed by atoms with E-state index in [-0.39, 0.29) is 0 Å². The predicted octanol–water partition coefficient (Wildman–Crippen LogP) is 4.37. The van der Waals surface area contributed by atoms with Gasteiger partial charge in [0.15, 0.2) is 0 Å². The summed E-state index contributed by atoms with van der Waals surface area (Å²) in [5, 5.41) is 0. The van der Waals surface area contributed by atoms with Gasteiger partial charge in [-0.2, -0.15) is 0 Å². The molecule has 0 saturated heterocycles. The Bertz CT molecular complexity index is 430. The van der Waals surface area contributed by atoms with Crippen LogP contribution in [0.15, 0.2) is 59.7 Å². The van der Waals surface area contributed by atoms with Crippen LogP contribution in [0.4, 0.5) is 0 Å². The van der Waals surface area contributed by atoms with Gasteiger partial charge in [-0.15, -0.1) is 0 Å². The zero-order valence-corrected chi connectivity index (χ0v) is 9.33. The fraction of sp³-hybridized carbons (Fsp3) is 0.200. The Labute approximate surface area is 91.6 Å². The van der Waals surface area contributed by atoms with E-state index in [1.54, 1.807) is 0 Å². The molecular weight excluding hydrogens is 180 g/mol. The first-order valence-electron chi connectivity index (χ1n) is 5.36. The molecule has 0 amide bonds. The van der Waals surface area contributed by atoms with Crippen molar-refractivity contribution in [3.8, 4) is 0 Å². The van der Waals surface area contributed by atoms with Gasteiger partial charge in [-0.25, -0.2) is 0 Å². The van der Waals surface area contributed by atoms with Crippen LogP contribution in [0.25, 0.3) is 5.57 Å². The lowest BCUT2D eigenvalue weighted by atomic mass is 9.99. The molecule has 76 valence electrons. The molecule has 0 aromatic heterocycles. The second kappa shape index (κ2) is 4.31. The lowest BCUT2D eigenvalue weighted by Gasteiger charge is -2.05. The summed E-state index contributed by atoms with van der Waals surface area (Å²) in [6, 6.07) is 10.6. The van der Waals surface area contributed by atoms with Gasteiger partial charge < -0.3 is 0 Å². The molecule has 0 unspecified atom stereocenters. The maximum absolute atomic E-state index is 2.26. The van der Waals surface area contributed by atoms with Gasteiger partial charge in [0.25, 0.3) is 0 Å². The van der Waals surface area contributed by atoms with Gasteiger partial charge in [0.2, 0.25) is 0 Å². The SMILES string of the molecule is CC1=CC=C(c2ccccc2)CC(C)=C1. The molecule has 0 spiro atoms. The molecule has 1 aromatic carbocycles. The van der Waals surface area contributed by atoms with Crippen LogP contribution in [0.2, 0.25) is 0 Å². The molecule has 15 heavy (non-hydrogen) atoms. The average Bonchev–Trinajstić information content (AvgIpc) is 2.41. The van der Waals surface area contributed by atoms with Crippen LogP contribution in [0.5, 0.6) is 0 Å². The molecule has 0 heterocycles. The summed E-state index contributed by atoms with van der Waals surface area (Å²) >= 11 is 0. The number of benzene rings is 1. The molecule has 0 heteroatoms. The highest BCUT2D eigenvalue weighted by Crippen LogP contribution is 2.25. The van der Waals surface area contributed by atoms with Crippen molar-refractivity contribution in [1.29, 1.82) is 0 Å². The third-order valence-electron chi connectivity index (χ3n) is 2.64. The largest absolute Gasteiger partial charge is 0.0687 e. The Morgan fingerprint density at radius 1 is 0.933 bits per heavy atom. The molecular formula is C15H16. The van der Waals surface area contributed by atoms with Crippen molar-refractivity contribution < 1.29 is 0 Å². The molecule has 2 rings (SSSR count). The van der Waals surface area contributed by atoms with Gasteiger partial charge in [0, 0.05) is 0 Å². The highest BCUT2D eigenvalue weighted by atomic mass is 14.1. The maximum atomic E-state index is 2.26. The number of rotatable bonds is 1. The van der Waals surface area contributed by atoms with E-state index >= 15 is 0 Å². The van der Waals surface area contributed by atoms with Crippen molar-refractivity contribution in [3.63, 3.8) is 0 Å². The second-order valence-corrected chi connectivity index (χ2v) is 4.14. The number of allylic oxidation sites excluding steroid dienone is 6. The summed E-state index contributed by atoms with van der Waals surface area (Å²) in [7, 11) is 0. The molecule has 0 N–H and O–H groups in total. The molecule has 1 aromatic rings. The Morgan fingerprint density at radius 3 is 2.40 bits per heavy atom. The molecule has 1 aliphatic carbocycles. The molecule has 0 bridgehead atoms. The third-order valence-corrected chi connectivity index (χ3v) is 2.64. The van der Waals surface area contributed by atoms with Gasteiger partial charge >= 0.3 is 0 Å². The highest BCUT2D eigenvalue weighted by Gasteiger charge is 2.04. The minimum absolute atomic E-state index is 1.05. The molecule has 0 nitrogen and oxygen atoms in total. The van der Waals surface area contributed by atoms with Crippen LogP contribution in [-0.4, -0.2) is 0 Å². The van der Waals surface area contributed by atoms with Gasteiger partial charge in [-0.1, -0.05) is 59.7 Å². The summed E-state index contributed by atoms with van der Waals surface area (Å²) in [6.45, 7) is 4.34. The van der Waals surface area contributed by atoms with Gasteiger partial charge in [0.05, 0.1) is 0 Å². The first-order valence-corrected chi connectivity index (χ1v) is 5.36. The van der Waals surface area contributed by atoms with Crippen LogP contribution in [0.1, 0.15) is 25.8 Å². The molecule has 0 fully saturated rings. The van der Waals surface area contributed by atoms with E-state index in [2.05, 4.69) is 62.4 Å². The zero-order valence-electron chi connectivity index (χ0n) is 9.33. The summed E-state index contributed by atoms with van der Waals surface area (Å²) in [4.78, 5) is 0. The van der Waals surface area contributed by atoms with E-state index in [9.17, 15) is 0 Å². The Hall–Kier alpha value is -1.56. The van der Waals surface area contributed by atoms with Crippen molar-refractivity contribution in [2.75, 3.05) is 0 Å². The maximum Gasteiger partial charge on any atom is -0.00607 e. The van der Waals surface area contributed by atoms with E-state index in [0.29, 0.717) is 0 Å². The normalized spacial score (nSPS) is 16.3. The molecule has 1 aliphatic rings. The average molecular weight is 196 g/mol. The van der Waals surface area contributed by atoms with Crippen LogP contribution < -0.4 is 0 Å². The van der Waals surface area contributed by atoms with Crippen molar-refractivity contribution in [1.82, 2.24) is 0 Å². The molecule has 0 saturated carbocycles. The van der Waals surface area contributed by atoms with E-state index in [0.717, 1.165) is 6.42 Å². The molecule has 0 radical (unpaired) electrons. The first-order chi connectivity index (χ1) is 7.25. The lowest BCUT2D eigenvalue weighted by Crippen LogP contribution is -1.84. The van der Waals surface area contributed by atoms with Crippen molar-refractivity contribution >= 4 is 5.57 Å². The topological polar surface area (TPSA) is 0 Å². The zero-order chi connectivity index (χ0) is 10.7. The number of hydrogen-bond acceptors (Lipinski definition) is 0.